The number of amides is 1. The molecule has 0 saturated heterocycles. The monoisotopic (exact) mass is 331 g/mol. The summed E-state index contributed by atoms with van der Waals surface area (Å²) in [6.45, 7) is 2.53. The van der Waals surface area contributed by atoms with E-state index in [1.807, 2.05) is 25.1 Å². The van der Waals surface area contributed by atoms with Crippen LogP contribution in [0.3, 0.4) is 0 Å². The number of primary sulfonamides is 1. The number of pyridine rings is 1. The fraction of sp³-hybridized carbons (Fsp3) is 0.250. The summed E-state index contributed by atoms with van der Waals surface area (Å²) in [6.07, 6.45) is 2.06. The summed E-state index contributed by atoms with van der Waals surface area (Å²) in [5.41, 5.74) is 2.74. The van der Waals surface area contributed by atoms with Gasteiger partial charge in [-0.3, -0.25) is 4.79 Å². The molecular formula is C16H17N3O3S. The summed E-state index contributed by atoms with van der Waals surface area (Å²) in [5, 5.41) is 4.77. The molecule has 120 valence electrons. The molecule has 1 aromatic heterocycles. The number of nitrogens with zero attached hydrogens (tertiary/aromatic N) is 2. The van der Waals surface area contributed by atoms with E-state index in [0.717, 1.165) is 12.0 Å². The fourth-order valence-corrected chi connectivity index (χ4v) is 3.25. The number of sulfonamides is 1. The Hall–Kier alpha value is -2.25. The molecule has 0 unspecified atom stereocenters. The number of hydrogen-bond acceptors (Lipinski definition) is 4. The minimum absolute atomic E-state index is 0.0651. The Labute approximate surface area is 135 Å². The normalized spacial score (nSPS) is 17.7. The van der Waals surface area contributed by atoms with Gasteiger partial charge < -0.3 is 4.90 Å². The van der Waals surface area contributed by atoms with Gasteiger partial charge in [0.1, 0.15) is 0 Å². The minimum Gasteiger partial charge on any atom is -0.331 e. The maximum Gasteiger partial charge on any atom is 0.255 e. The number of rotatable bonds is 2. The van der Waals surface area contributed by atoms with E-state index in [0.29, 0.717) is 12.1 Å². The lowest BCUT2D eigenvalue weighted by molar-refractivity contribution is 0.0657. The summed E-state index contributed by atoms with van der Waals surface area (Å²) in [5.74, 6) is -0.166. The highest BCUT2D eigenvalue weighted by Gasteiger charge is 2.27. The van der Waals surface area contributed by atoms with Crippen LogP contribution in [0.25, 0.3) is 0 Å². The molecular weight excluding hydrogens is 314 g/mol. The largest absolute Gasteiger partial charge is 0.331 e. The quantitative estimate of drug-likeness (QED) is 0.898. The van der Waals surface area contributed by atoms with Crippen LogP contribution in [-0.4, -0.2) is 30.3 Å². The summed E-state index contributed by atoms with van der Waals surface area (Å²) >= 11 is 0. The molecule has 0 radical (unpaired) electrons. The first-order valence-corrected chi connectivity index (χ1v) is 8.77. The molecule has 2 heterocycles. The Bertz CT molecular complexity index is 847. The second-order valence-electron chi connectivity index (χ2n) is 5.69. The lowest BCUT2D eigenvalue weighted by Gasteiger charge is -2.35. The molecule has 2 aromatic rings. The summed E-state index contributed by atoms with van der Waals surface area (Å²) < 4.78 is 22.4. The molecule has 0 fully saturated rings. The van der Waals surface area contributed by atoms with Crippen molar-refractivity contribution in [3.63, 3.8) is 0 Å². The predicted octanol–water partition coefficient (Wildman–Crippen LogP) is 1.32. The number of benzene rings is 1. The number of aromatic nitrogens is 1. The van der Waals surface area contributed by atoms with Gasteiger partial charge in [-0.25, -0.2) is 18.5 Å². The molecule has 6 nitrogen and oxygen atoms in total. The highest BCUT2D eigenvalue weighted by atomic mass is 32.2. The van der Waals surface area contributed by atoms with E-state index in [-0.39, 0.29) is 17.0 Å². The summed E-state index contributed by atoms with van der Waals surface area (Å²) in [6, 6.07) is 10.8. The van der Waals surface area contributed by atoms with Crippen LogP contribution in [0.15, 0.2) is 47.6 Å². The van der Waals surface area contributed by atoms with Gasteiger partial charge in [0.15, 0.2) is 5.03 Å². The molecule has 1 aromatic carbocycles. The van der Waals surface area contributed by atoms with E-state index in [4.69, 9.17) is 5.14 Å². The van der Waals surface area contributed by atoms with Crippen molar-refractivity contribution in [3.8, 4) is 0 Å². The first kappa shape index (κ1) is 15.6. The second kappa shape index (κ2) is 5.75. The third-order valence-corrected chi connectivity index (χ3v) is 4.87. The second-order valence-corrected chi connectivity index (χ2v) is 7.19. The van der Waals surface area contributed by atoms with Crippen molar-refractivity contribution in [3.05, 3.63) is 59.3 Å². The highest BCUT2D eigenvalue weighted by molar-refractivity contribution is 7.89. The van der Waals surface area contributed by atoms with Crippen LogP contribution in [0.4, 0.5) is 0 Å². The van der Waals surface area contributed by atoms with E-state index in [9.17, 15) is 13.2 Å². The lowest BCUT2D eigenvalue weighted by atomic mass is 9.94. The number of fused-ring (bicyclic) bond motifs is 1. The smallest absolute Gasteiger partial charge is 0.255 e. The van der Waals surface area contributed by atoms with Crippen molar-refractivity contribution in [2.75, 3.05) is 0 Å². The standard InChI is InChI=1S/C16H17N3O3S/c1-11-8-12-4-2-3-5-14(12)10-19(11)16(20)13-6-7-15(18-9-13)23(17,21)22/h2-7,9,11H,8,10H2,1H3,(H2,17,21,22)/t11-/m0/s1. The van der Waals surface area contributed by atoms with Gasteiger partial charge in [-0.15, -0.1) is 0 Å². The van der Waals surface area contributed by atoms with Gasteiger partial charge in [-0.2, -0.15) is 0 Å². The number of hydrogen-bond donors (Lipinski definition) is 1. The molecule has 23 heavy (non-hydrogen) atoms. The average Bonchev–Trinajstić information content (AvgIpc) is 2.53. The maximum atomic E-state index is 12.7. The topological polar surface area (TPSA) is 93.4 Å². The SMILES string of the molecule is C[C@H]1Cc2ccccc2CN1C(=O)c1ccc(S(N)(=O)=O)nc1. The molecule has 0 bridgehead atoms. The van der Waals surface area contributed by atoms with Gasteiger partial charge in [0.25, 0.3) is 15.9 Å². The van der Waals surface area contributed by atoms with Crippen LogP contribution in [0.5, 0.6) is 0 Å². The summed E-state index contributed by atoms with van der Waals surface area (Å²) in [4.78, 5) is 18.2. The number of nitrogens with two attached hydrogens (primary N) is 1. The summed E-state index contributed by atoms with van der Waals surface area (Å²) in [7, 11) is -3.86. The van der Waals surface area contributed by atoms with Crippen molar-refractivity contribution in [2.24, 2.45) is 5.14 Å². The molecule has 0 spiro atoms. The van der Waals surface area contributed by atoms with E-state index in [1.165, 1.54) is 23.9 Å². The zero-order chi connectivity index (χ0) is 16.6. The average molecular weight is 331 g/mol. The van der Waals surface area contributed by atoms with E-state index in [2.05, 4.69) is 11.1 Å². The van der Waals surface area contributed by atoms with Crippen LogP contribution < -0.4 is 5.14 Å². The van der Waals surface area contributed by atoms with Crippen molar-refractivity contribution >= 4 is 15.9 Å². The zero-order valence-corrected chi connectivity index (χ0v) is 13.5. The maximum absolute atomic E-state index is 12.7. The van der Waals surface area contributed by atoms with Gasteiger partial charge in [-0.1, -0.05) is 24.3 Å². The Balaban J connectivity index is 1.86. The first-order valence-electron chi connectivity index (χ1n) is 7.23. The van der Waals surface area contributed by atoms with Crippen molar-refractivity contribution in [2.45, 2.75) is 31.0 Å². The highest BCUT2D eigenvalue weighted by Crippen LogP contribution is 2.24. The Morgan fingerprint density at radius 1 is 1.22 bits per heavy atom. The number of carbonyl (C=O) groups excluding carboxylic acids is 1. The fourth-order valence-electron chi connectivity index (χ4n) is 2.79. The van der Waals surface area contributed by atoms with Crippen LogP contribution >= 0.6 is 0 Å². The van der Waals surface area contributed by atoms with Crippen molar-refractivity contribution in [1.82, 2.24) is 9.88 Å². The molecule has 3 rings (SSSR count). The Kier molecular flexibility index (Phi) is 3.91. The Morgan fingerprint density at radius 3 is 2.52 bits per heavy atom. The van der Waals surface area contributed by atoms with Gasteiger partial charge in [0.05, 0.1) is 5.56 Å². The van der Waals surface area contributed by atoms with Crippen molar-refractivity contribution in [1.29, 1.82) is 0 Å². The van der Waals surface area contributed by atoms with Crippen LogP contribution in [0.1, 0.15) is 28.4 Å². The zero-order valence-electron chi connectivity index (χ0n) is 12.6. The van der Waals surface area contributed by atoms with E-state index >= 15 is 0 Å². The van der Waals surface area contributed by atoms with Crippen molar-refractivity contribution < 1.29 is 13.2 Å². The molecule has 2 N–H and O–H groups in total. The number of carbonyl (C=O) groups is 1. The molecule has 1 atom stereocenters. The first-order chi connectivity index (χ1) is 10.9. The van der Waals surface area contributed by atoms with E-state index < -0.39 is 10.0 Å². The molecule has 1 aliphatic rings. The third-order valence-electron chi connectivity index (χ3n) is 4.04. The molecule has 1 amide bonds. The van der Waals surface area contributed by atoms with Crippen LogP contribution in [-0.2, 0) is 23.0 Å². The van der Waals surface area contributed by atoms with Gasteiger partial charge >= 0.3 is 0 Å². The van der Waals surface area contributed by atoms with E-state index in [1.54, 1.807) is 4.90 Å². The molecule has 0 saturated carbocycles. The molecule has 1 aliphatic heterocycles. The molecule has 7 heteroatoms. The minimum atomic E-state index is -3.86. The predicted molar refractivity (Wildman–Crippen MR) is 85.1 cm³/mol. The third kappa shape index (κ3) is 3.11. The van der Waals surface area contributed by atoms with Gasteiger partial charge in [0, 0.05) is 18.8 Å². The van der Waals surface area contributed by atoms with Gasteiger partial charge in [0.2, 0.25) is 0 Å². The Morgan fingerprint density at radius 2 is 1.91 bits per heavy atom. The van der Waals surface area contributed by atoms with Crippen LogP contribution in [0, 0.1) is 0 Å². The lowest BCUT2D eigenvalue weighted by Crippen LogP contribution is -2.42. The van der Waals surface area contributed by atoms with Gasteiger partial charge in [-0.05, 0) is 36.6 Å². The van der Waals surface area contributed by atoms with Crippen LogP contribution in [0.2, 0.25) is 0 Å². The molecule has 0 aliphatic carbocycles.